The fourth-order valence-electron chi connectivity index (χ4n) is 1.17. The van der Waals surface area contributed by atoms with Gasteiger partial charge in [-0.3, -0.25) is 0 Å². The third-order valence-corrected chi connectivity index (χ3v) is 1.97. The summed E-state index contributed by atoms with van der Waals surface area (Å²) in [7, 11) is 3.06. The third-order valence-electron chi connectivity index (χ3n) is 1.97. The van der Waals surface area contributed by atoms with E-state index in [9.17, 15) is 5.11 Å². The zero-order valence-corrected chi connectivity index (χ0v) is 8.23. The second kappa shape index (κ2) is 4.83. The highest BCUT2D eigenvalue weighted by molar-refractivity contribution is 5.43. The topological polar surface area (TPSA) is 58.9 Å². The standard InChI is InChI=1S/C10H14O4/c1-13-9-4-3-7(8(12)6-11)5-10(9)14-2/h3-5,8,11-12H,6H2,1-2H3/t8-/m1/s1. The maximum Gasteiger partial charge on any atom is 0.161 e. The molecule has 0 fully saturated rings. The van der Waals surface area contributed by atoms with Gasteiger partial charge in [-0.2, -0.15) is 0 Å². The molecule has 0 heterocycles. The Morgan fingerprint density at radius 2 is 1.86 bits per heavy atom. The summed E-state index contributed by atoms with van der Waals surface area (Å²) >= 11 is 0. The van der Waals surface area contributed by atoms with Gasteiger partial charge in [0.05, 0.1) is 20.8 Å². The molecule has 14 heavy (non-hydrogen) atoms. The van der Waals surface area contributed by atoms with Gasteiger partial charge in [-0.05, 0) is 17.7 Å². The van der Waals surface area contributed by atoms with Crippen LogP contribution in [0, 0.1) is 0 Å². The van der Waals surface area contributed by atoms with Crippen molar-refractivity contribution in [2.75, 3.05) is 20.8 Å². The van der Waals surface area contributed by atoms with E-state index >= 15 is 0 Å². The van der Waals surface area contributed by atoms with E-state index < -0.39 is 6.10 Å². The van der Waals surface area contributed by atoms with Crippen LogP contribution in [0.1, 0.15) is 11.7 Å². The van der Waals surface area contributed by atoms with Crippen LogP contribution in [-0.4, -0.2) is 31.0 Å². The first kappa shape index (κ1) is 10.8. The zero-order chi connectivity index (χ0) is 10.6. The Labute approximate surface area is 82.7 Å². The van der Waals surface area contributed by atoms with Gasteiger partial charge in [0, 0.05) is 0 Å². The van der Waals surface area contributed by atoms with Gasteiger partial charge < -0.3 is 19.7 Å². The summed E-state index contributed by atoms with van der Waals surface area (Å²) < 4.78 is 10.1. The fraction of sp³-hybridized carbons (Fsp3) is 0.400. The quantitative estimate of drug-likeness (QED) is 0.748. The van der Waals surface area contributed by atoms with Crippen LogP contribution >= 0.6 is 0 Å². The van der Waals surface area contributed by atoms with Gasteiger partial charge in [-0.1, -0.05) is 6.07 Å². The van der Waals surface area contributed by atoms with Gasteiger partial charge in [-0.15, -0.1) is 0 Å². The average Bonchev–Trinajstić information content (AvgIpc) is 2.26. The van der Waals surface area contributed by atoms with Crippen LogP contribution < -0.4 is 9.47 Å². The van der Waals surface area contributed by atoms with E-state index in [0.717, 1.165) is 0 Å². The normalized spacial score (nSPS) is 12.3. The number of aliphatic hydroxyl groups is 2. The molecule has 0 aromatic heterocycles. The first-order chi connectivity index (χ1) is 6.72. The van der Waals surface area contributed by atoms with Gasteiger partial charge in [0.2, 0.25) is 0 Å². The summed E-state index contributed by atoms with van der Waals surface area (Å²) in [6.45, 7) is -0.310. The van der Waals surface area contributed by atoms with Gasteiger partial charge >= 0.3 is 0 Å². The van der Waals surface area contributed by atoms with E-state index in [4.69, 9.17) is 14.6 Å². The van der Waals surface area contributed by atoms with Gasteiger partial charge in [0.1, 0.15) is 6.10 Å². The Morgan fingerprint density at radius 3 is 2.36 bits per heavy atom. The highest BCUT2D eigenvalue weighted by Crippen LogP contribution is 2.29. The smallest absolute Gasteiger partial charge is 0.161 e. The molecule has 0 unspecified atom stereocenters. The van der Waals surface area contributed by atoms with Crippen LogP contribution in [0.2, 0.25) is 0 Å². The average molecular weight is 198 g/mol. The molecule has 0 saturated carbocycles. The van der Waals surface area contributed by atoms with E-state index in [0.29, 0.717) is 17.1 Å². The van der Waals surface area contributed by atoms with Crippen LogP contribution in [0.3, 0.4) is 0 Å². The van der Waals surface area contributed by atoms with Crippen LogP contribution in [0.25, 0.3) is 0 Å². The van der Waals surface area contributed by atoms with Crippen molar-refractivity contribution in [1.82, 2.24) is 0 Å². The molecule has 78 valence electrons. The molecule has 0 spiro atoms. The predicted molar refractivity (Wildman–Crippen MR) is 51.6 cm³/mol. The lowest BCUT2D eigenvalue weighted by molar-refractivity contribution is 0.0953. The summed E-state index contributed by atoms with van der Waals surface area (Å²) in [6.07, 6.45) is -0.880. The van der Waals surface area contributed by atoms with E-state index in [1.165, 1.54) is 7.11 Å². The van der Waals surface area contributed by atoms with Gasteiger partial charge in [0.15, 0.2) is 11.5 Å². The second-order valence-electron chi connectivity index (χ2n) is 2.81. The van der Waals surface area contributed by atoms with Crippen molar-refractivity contribution in [2.24, 2.45) is 0 Å². The molecule has 4 heteroatoms. The largest absolute Gasteiger partial charge is 0.493 e. The first-order valence-corrected chi connectivity index (χ1v) is 4.23. The molecule has 1 atom stereocenters. The number of hydrogen-bond donors (Lipinski definition) is 2. The summed E-state index contributed by atoms with van der Waals surface area (Å²) in [4.78, 5) is 0. The lowest BCUT2D eigenvalue weighted by Crippen LogP contribution is -2.03. The maximum atomic E-state index is 9.37. The summed E-state index contributed by atoms with van der Waals surface area (Å²) in [6, 6.07) is 5.01. The highest BCUT2D eigenvalue weighted by Gasteiger charge is 2.10. The van der Waals surface area contributed by atoms with Gasteiger partial charge in [0.25, 0.3) is 0 Å². The lowest BCUT2D eigenvalue weighted by Gasteiger charge is -2.11. The van der Waals surface area contributed by atoms with E-state index in [-0.39, 0.29) is 6.61 Å². The van der Waals surface area contributed by atoms with E-state index in [1.807, 2.05) is 0 Å². The molecule has 4 nitrogen and oxygen atoms in total. The molecule has 0 radical (unpaired) electrons. The molecular weight excluding hydrogens is 184 g/mol. The molecule has 0 bridgehead atoms. The van der Waals surface area contributed by atoms with Crippen LogP contribution in [0.5, 0.6) is 11.5 Å². The van der Waals surface area contributed by atoms with Crippen molar-refractivity contribution >= 4 is 0 Å². The van der Waals surface area contributed by atoms with Crippen molar-refractivity contribution in [3.8, 4) is 11.5 Å². The summed E-state index contributed by atoms with van der Waals surface area (Å²) in [5.41, 5.74) is 0.602. The molecule has 0 aliphatic carbocycles. The van der Waals surface area contributed by atoms with Crippen LogP contribution in [0.15, 0.2) is 18.2 Å². The Balaban J connectivity index is 3.01. The van der Waals surface area contributed by atoms with Crippen molar-refractivity contribution in [2.45, 2.75) is 6.10 Å². The number of methoxy groups -OCH3 is 2. The van der Waals surface area contributed by atoms with E-state index in [2.05, 4.69) is 0 Å². The Morgan fingerprint density at radius 1 is 1.21 bits per heavy atom. The molecule has 0 amide bonds. The molecule has 1 rings (SSSR count). The minimum atomic E-state index is -0.880. The number of aliphatic hydroxyl groups excluding tert-OH is 2. The Kier molecular flexibility index (Phi) is 3.73. The zero-order valence-electron chi connectivity index (χ0n) is 8.23. The third kappa shape index (κ3) is 2.16. The molecule has 2 N–H and O–H groups in total. The second-order valence-corrected chi connectivity index (χ2v) is 2.81. The Hall–Kier alpha value is -1.26. The number of benzene rings is 1. The lowest BCUT2D eigenvalue weighted by atomic mass is 10.1. The van der Waals surface area contributed by atoms with Crippen LogP contribution in [0.4, 0.5) is 0 Å². The molecule has 1 aromatic rings. The van der Waals surface area contributed by atoms with Crippen molar-refractivity contribution in [3.05, 3.63) is 23.8 Å². The number of ether oxygens (including phenoxy) is 2. The minimum absolute atomic E-state index is 0.310. The predicted octanol–water partition coefficient (Wildman–Crippen LogP) is 0.729. The number of rotatable bonds is 4. The molecule has 0 saturated heterocycles. The van der Waals surface area contributed by atoms with Gasteiger partial charge in [-0.25, -0.2) is 0 Å². The fourth-order valence-corrected chi connectivity index (χ4v) is 1.17. The monoisotopic (exact) mass is 198 g/mol. The Bertz CT molecular complexity index is 298. The highest BCUT2D eigenvalue weighted by atomic mass is 16.5. The minimum Gasteiger partial charge on any atom is -0.493 e. The van der Waals surface area contributed by atoms with Crippen molar-refractivity contribution in [1.29, 1.82) is 0 Å². The summed E-state index contributed by atoms with van der Waals surface area (Å²) in [5, 5.41) is 18.1. The number of hydrogen-bond acceptors (Lipinski definition) is 4. The molecule has 0 aliphatic heterocycles. The molecule has 1 aromatic carbocycles. The first-order valence-electron chi connectivity index (χ1n) is 4.23. The van der Waals surface area contributed by atoms with Crippen molar-refractivity contribution < 1.29 is 19.7 Å². The molecule has 0 aliphatic rings. The van der Waals surface area contributed by atoms with Crippen LogP contribution in [-0.2, 0) is 0 Å². The van der Waals surface area contributed by atoms with Crippen molar-refractivity contribution in [3.63, 3.8) is 0 Å². The SMILES string of the molecule is COc1ccc([C@H](O)CO)cc1OC. The maximum absolute atomic E-state index is 9.37. The van der Waals surface area contributed by atoms with E-state index in [1.54, 1.807) is 25.3 Å². The molecular formula is C10H14O4. The summed E-state index contributed by atoms with van der Waals surface area (Å²) in [5.74, 6) is 1.14.